The third-order valence-electron chi connectivity index (χ3n) is 4.53. The molecular weight excluding hydrogens is 190 g/mol. The van der Waals surface area contributed by atoms with Crippen LogP contribution < -0.4 is 0 Å². The maximum absolute atomic E-state index is 11.2. The van der Waals surface area contributed by atoms with E-state index in [-0.39, 0.29) is 5.92 Å². The molecule has 84 valence electrons. The summed E-state index contributed by atoms with van der Waals surface area (Å²) >= 11 is 0. The molecule has 0 spiro atoms. The average Bonchev–Trinajstić information content (AvgIpc) is 2.85. The summed E-state index contributed by atoms with van der Waals surface area (Å²) in [5, 5.41) is 9.22. The fourth-order valence-corrected chi connectivity index (χ4v) is 3.17. The molecule has 1 N–H and O–H groups in total. The summed E-state index contributed by atoms with van der Waals surface area (Å²) < 4.78 is 0. The number of likely N-dealkylation sites (tertiary alicyclic amines) is 1. The molecule has 15 heavy (non-hydrogen) atoms. The molecule has 0 unspecified atom stereocenters. The lowest BCUT2D eigenvalue weighted by Gasteiger charge is -2.34. The van der Waals surface area contributed by atoms with E-state index in [1.807, 2.05) is 0 Å². The van der Waals surface area contributed by atoms with Gasteiger partial charge in [-0.2, -0.15) is 0 Å². The Kier molecular flexibility index (Phi) is 2.23. The molecule has 3 nitrogen and oxygen atoms in total. The molecule has 0 radical (unpaired) electrons. The highest BCUT2D eigenvalue weighted by Crippen LogP contribution is 2.45. The Morgan fingerprint density at radius 3 is 2.33 bits per heavy atom. The largest absolute Gasteiger partial charge is 0.481 e. The normalized spacial score (nSPS) is 37.9. The van der Waals surface area contributed by atoms with Crippen LogP contribution in [0.25, 0.3) is 0 Å². The lowest BCUT2D eigenvalue weighted by Crippen LogP contribution is -2.39. The third-order valence-corrected chi connectivity index (χ3v) is 4.53. The first-order chi connectivity index (χ1) is 7.25. The topological polar surface area (TPSA) is 40.5 Å². The maximum Gasteiger partial charge on any atom is 0.308 e. The van der Waals surface area contributed by atoms with Crippen LogP contribution in [0.1, 0.15) is 32.1 Å². The van der Waals surface area contributed by atoms with Crippen molar-refractivity contribution in [3.8, 4) is 0 Å². The van der Waals surface area contributed by atoms with Gasteiger partial charge in [0.25, 0.3) is 0 Å². The molecule has 0 aromatic carbocycles. The van der Waals surface area contributed by atoms with Crippen LogP contribution in [0.3, 0.4) is 0 Å². The second-order valence-electron chi connectivity index (χ2n) is 5.48. The fourth-order valence-electron chi connectivity index (χ4n) is 3.17. The molecule has 3 fully saturated rings. The molecule has 1 aliphatic heterocycles. The molecule has 2 saturated carbocycles. The monoisotopic (exact) mass is 209 g/mol. The highest BCUT2D eigenvalue weighted by molar-refractivity contribution is 5.71. The Hall–Kier alpha value is -0.570. The molecule has 1 heterocycles. The SMILES string of the molecule is O=C(O)[C@@H]1CN(C2CCC2)C[C@H]1C1CC1. The fraction of sp³-hybridized carbons (Fsp3) is 0.917. The summed E-state index contributed by atoms with van der Waals surface area (Å²) in [4.78, 5) is 13.6. The van der Waals surface area contributed by atoms with Crippen molar-refractivity contribution in [1.29, 1.82) is 0 Å². The van der Waals surface area contributed by atoms with Crippen LogP contribution in [0.2, 0.25) is 0 Å². The number of carboxylic acid groups (broad SMARTS) is 1. The standard InChI is InChI=1S/C12H19NO2/c14-12(15)11-7-13(9-2-1-3-9)6-10(11)8-4-5-8/h8-11H,1-7H2,(H,14,15)/t10-,11+/m0/s1. The second-order valence-corrected chi connectivity index (χ2v) is 5.48. The van der Waals surface area contributed by atoms with Crippen molar-refractivity contribution in [1.82, 2.24) is 4.90 Å². The highest BCUT2D eigenvalue weighted by Gasteiger charge is 2.47. The van der Waals surface area contributed by atoms with E-state index in [9.17, 15) is 9.90 Å². The van der Waals surface area contributed by atoms with Gasteiger partial charge in [0, 0.05) is 19.1 Å². The number of aliphatic carboxylic acids is 1. The predicted molar refractivity (Wildman–Crippen MR) is 56.6 cm³/mol. The average molecular weight is 209 g/mol. The van der Waals surface area contributed by atoms with Crippen molar-refractivity contribution in [2.45, 2.75) is 38.1 Å². The van der Waals surface area contributed by atoms with Gasteiger partial charge in [0.2, 0.25) is 0 Å². The number of carbonyl (C=O) groups is 1. The zero-order chi connectivity index (χ0) is 10.4. The summed E-state index contributed by atoms with van der Waals surface area (Å²) in [6.45, 7) is 1.88. The van der Waals surface area contributed by atoms with Gasteiger partial charge in [-0.05, 0) is 37.5 Å². The van der Waals surface area contributed by atoms with E-state index in [2.05, 4.69) is 4.90 Å². The Morgan fingerprint density at radius 2 is 1.87 bits per heavy atom. The first-order valence-electron chi connectivity index (χ1n) is 6.22. The van der Waals surface area contributed by atoms with Crippen molar-refractivity contribution in [2.24, 2.45) is 17.8 Å². The van der Waals surface area contributed by atoms with E-state index in [0.717, 1.165) is 25.0 Å². The molecule has 0 bridgehead atoms. The number of rotatable bonds is 3. The van der Waals surface area contributed by atoms with Crippen molar-refractivity contribution < 1.29 is 9.90 Å². The minimum Gasteiger partial charge on any atom is -0.481 e. The second kappa shape index (κ2) is 3.48. The first-order valence-corrected chi connectivity index (χ1v) is 6.22. The van der Waals surface area contributed by atoms with Crippen LogP contribution in [0.4, 0.5) is 0 Å². The lowest BCUT2D eigenvalue weighted by molar-refractivity contribution is -0.142. The molecule has 2 aliphatic carbocycles. The van der Waals surface area contributed by atoms with Gasteiger partial charge in [-0.25, -0.2) is 0 Å². The summed E-state index contributed by atoms with van der Waals surface area (Å²) in [5.41, 5.74) is 0. The van der Waals surface area contributed by atoms with Crippen molar-refractivity contribution in [2.75, 3.05) is 13.1 Å². The Bertz CT molecular complexity index is 271. The molecule has 0 aromatic heterocycles. The predicted octanol–water partition coefficient (Wildman–Crippen LogP) is 1.58. The molecule has 3 rings (SSSR count). The minimum absolute atomic E-state index is 0.0712. The van der Waals surface area contributed by atoms with Crippen LogP contribution in [-0.4, -0.2) is 35.1 Å². The minimum atomic E-state index is -0.561. The zero-order valence-electron chi connectivity index (χ0n) is 9.06. The zero-order valence-corrected chi connectivity index (χ0v) is 9.06. The van der Waals surface area contributed by atoms with Crippen LogP contribution >= 0.6 is 0 Å². The van der Waals surface area contributed by atoms with Gasteiger partial charge in [0.15, 0.2) is 0 Å². The van der Waals surface area contributed by atoms with E-state index in [4.69, 9.17) is 0 Å². The van der Waals surface area contributed by atoms with Gasteiger partial charge in [-0.1, -0.05) is 6.42 Å². The summed E-state index contributed by atoms with van der Waals surface area (Å²) in [6.07, 6.45) is 6.47. The van der Waals surface area contributed by atoms with E-state index < -0.39 is 5.97 Å². The van der Waals surface area contributed by atoms with E-state index in [0.29, 0.717) is 5.92 Å². The van der Waals surface area contributed by atoms with Crippen LogP contribution in [0.5, 0.6) is 0 Å². The van der Waals surface area contributed by atoms with E-state index in [1.54, 1.807) is 0 Å². The van der Waals surface area contributed by atoms with Gasteiger partial charge in [-0.3, -0.25) is 9.69 Å². The lowest BCUT2D eigenvalue weighted by atomic mass is 9.91. The van der Waals surface area contributed by atoms with E-state index in [1.165, 1.54) is 32.1 Å². The molecule has 3 aliphatic rings. The van der Waals surface area contributed by atoms with Gasteiger partial charge < -0.3 is 5.11 Å². The van der Waals surface area contributed by atoms with Crippen LogP contribution in [-0.2, 0) is 4.79 Å². The molecule has 0 aromatic rings. The van der Waals surface area contributed by atoms with Crippen molar-refractivity contribution in [3.63, 3.8) is 0 Å². The van der Waals surface area contributed by atoms with Gasteiger partial charge >= 0.3 is 5.97 Å². The van der Waals surface area contributed by atoms with Gasteiger partial charge in [0.05, 0.1) is 5.92 Å². The maximum atomic E-state index is 11.2. The Morgan fingerprint density at radius 1 is 1.13 bits per heavy atom. The molecule has 2 atom stereocenters. The summed E-state index contributed by atoms with van der Waals surface area (Å²) in [5.74, 6) is 0.561. The van der Waals surface area contributed by atoms with Crippen LogP contribution in [0, 0.1) is 17.8 Å². The smallest absolute Gasteiger partial charge is 0.308 e. The van der Waals surface area contributed by atoms with Crippen LogP contribution in [0.15, 0.2) is 0 Å². The summed E-state index contributed by atoms with van der Waals surface area (Å²) in [6, 6.07) is 0.718. The number of hydrogen-bond donors (Lipinski definition) is 1. The van der Waals surface area contributed by atoms with Crippen molar-refractivity contribution in [3.05, 3.63) is 0 Å². The van der Waals surface area contributed by atoms with Gasteiger partial charge in [0.1, 0.15) is 0 Å². The molecule has 3 heteroatoms. The number of hydrogen-bond acceptors (Lipinski definition) is 2. The Balaban J connectivity index is 1.68. The van der Waals surface area contributed by atoms with Crippen molar-refractivity contribution >= 4 is 5.97 Å². The number of nitrogens with zero attached hydrogens (tertiary/aromatic N) is 1. The molecule has 1 saturated heterocycles. The Labute approximate surface area is 90.5 Å². The third kappa shape index (κ3) is 1.67. The number of carboxylic acids is 1. The molecular formula is C12H19NO2. The quantitative estimate of drug-likeness (QED) is 0.767. The van der Waals surface area contributed by atoms with E-state index >= 15 is 0 Å². The van der Waals surface area contributed by atoms with Gasteiger partial charge in [-0.15, -0.1) is 0 Å². The first kappa shape index (κ1) is 9.64. The molecule has 0 amide bonds. The summed E-state index contributed by atoms with van der Waals surface area (Å²) in [7, 11) is 0. The highest BCUT2D eigenvalue weighted by atomic mass is 16.4.